The zero-order valence-electron chi connectivity index (χ0n) is 9.34. The Bertz CT molecular complexity index is 184. The molecule has 0 amide bonds. The van der Waals surface area contributed by atoms with E-state index in [9.17, 15) is 4.79 Å². The minimum atomic E-state index is -1.37. The van der Waals surface area contributed by atoms with E-state index in [2.05, 4.69) is 26.2 Å². The molecule has 0 saturated heterocycles. The van der Waals surface area contributed by atoms with E-state index in [4.69, 9.17) is 9.16 Å². The van der Waals surface area contributed by atoms with Crippen molar-refractivity contribution in [3.05, 3.63) is 12.7 Å². The van der Waals surface area contributed by atoms with Gasteiger partial charge in [0.05, 0.1) is 6.61 Å². The third-order valence-electron chi connectivity index (χ3n) is 1.48. The second-order valence-electron chi connectivity index (χ2n) is 4.04. The van der Waals surface area contributed by atoms with Gasteiger partial charge in [0.15, 0.2) is 8.32 Å². The number of esters is 1. The topological polar surface area (TPSA) is 35.5 Å². The Morgan fingerprint density at radius 3 is 2.36 bits per heavy atom. The highest BCUT2D eigenvalue weighted by Gasteiger charge is 2.12. The van der Waals surface area contributed by atoms with Gasteiger partial charge in [-0.2, -0.15) is 0 Å². The van der Waals surface area contributed by atoms with E-state index in [-0.39, 0.29) is 5.97 Å². The quantitative estimate of drug-likeness (QED) is 0.284. The number of ether oxygens (including phenoxy) is 1. The molecule has 14 heavy (non-hydrogen) atoms. The first kappa shape index (κ1) is 13.4. The molecular formula is C10H20O3Si. The fourth-order valence-electron chi connectivity index (χ4n) is 0.814. The summed E-state index contributed by atoms with van der Waals surface area (Å²) in [5, 5.41) is 0. The van der Waals surface area contributed by atoms with Gasteiger partial charge in [-0.25, -0.2) is 4.79 Å². The first-order valence-corrected chi connectivity index (χ1v) is 8.29. The predicted molar refractivity (Wildman–Crippen MR) is 59.7 cm³/mol. The van der Waals surface area contributed by atoms with Crippen LogP contribution in [0.5, 0.6) is 0 Å². The van der Waals surface area contributed by atoms with Crippen LogP contribution >= 0.6 is 0 Å². The van der Waals surface area contributed by atoms with Gasteiger partial charge in [-0.05, 0) is 32.5 Å². The standard InChI is InChI=1S/C10H20O3Si/c1-5-10(11)12-8-6-7-9-13-14(2,3)4/h5H,1,6-9H2,2-4H3. The van der Waals surface area contributed by atoms with Crippen LogP contribution in [0.25, 0.3) is 0 Å². The third kappa shape index (κ3) is 9.47. The minimum Gasteiger partial charge on any atom is -0.463 e. The molecule has 0 bridgehead atoms. The SMILES string of the molecule is C=CC(=O)OCCCCO[Si](C)(C)C. The summed E-state index contributed by atoms with van der Waals surface area (Å²) < 4.78 is 10.5. The molecule has 0 N–H and O–H groups in total. The molecule has 82 valence electrons. The molecular weight excluding hydrogens is 196 g/mol. The van der Waals surface area contributed by atoms with Crippen molar-refractivity contribution in [1.82, 2.24) is 0 Å². The number of carbonyl (C=O) groups is 1. The summed E-state index contributed by atoms with van der Waals surface area (Å²) in [6.45, 7) is 11.0. The minimum absolute atomic E-state index is 0.351. The Kier molecular flexibility index (Phi) is 6.49. The molecule has 0 radical (unpaired) electrons. The number of rotatable bonds is 7. The molecule has 0 aromatic rings. The smallest absolute Gasteiger partial charge is 0.330 e. The average Bonchev–Trinajstić information content (AvgIpc) is 2.08. The molecule has 4 heteroatoms. The number of unbranched alkanes of at least 4 members (excludes halogenated alkanes) is 1. The Hall–Kier alpha value is -0.613. The van der Waals surface area contributed by atoms with Gasteiger partial charge in [0.2, 0.25) is 0 Å². The zero-order chi connectivity index (χ0) is 11.0. The number of hydrogen-bond acceptors (Lipinski definition) is 3. The lowest BCUT2D eigenvalue weighted by molar-refractivity contribution is -0.137. The Labute approximate surface area is 87.2 Å². The maximum Gasteiger partial charge on any atom is 0.330 e. The highest BCUT2D eigenvalue weighted by molar-refractivity contribution is 6.69. The van der Waals surface area contributed by atoms with Crippen molar-refractivity contribution in [3.8, 4) is 0 Å². The maximum absolute atomic E-state index is 10.6. The van der Waals surface area contributed by atoms with Crippen molar-refractivity contribution in [1.29, 1.82) is 0 Å². The first-order chi connectivity index (χ1) is 6.45. The molecule has 0 aromatic heterocycles. The monoisotopic (exact) mass is 216 g/mol. The van der Waals surface area contributed by atoms with Crippen LogP contribution in [0.15, 0.2) is 12.7 Å². The molecule has 0 aliphatic carbocycles. The molecule has 0 rings (SSSR count). The molecule has 0 unspecified atom stereocenters. The van der Waals surface area contributed by atoms with Crippen LogP contribution in [0, 0.1) is 0 Å². The summed E-state index contributed by atoms with van der Waals surface area (Å²) in [5.41, 5.74) is 0. The fraction of sp³-hybridized carbons (Fsp3) is 0.700. The third-order valence-corrected chi connectivity index (χ3v) is 2.55. The van der Waals surface area contributed by atoms with Crippen LogP contribution in [0.2, 0.25) is 19.6 Å². The van der Waals surface area contributed by atoms with Gasteiger partial charge < -0.3 is 9.16 Å². The summed E-state index contributed by atoms with van der Waals surface area (Å²) in [6.07, 6.45) is 2.97. The lowest BCUT2D eigenvalue weighted by Gasteiger charge is -2.16. The van der Waals surface area contributed by atoms with Crippen molar-refractivity contribution in [3.63, 3.8) is 0 Å². The van der Waals surface area contributed by atoms with Gasteiger partial charge in [0, 0.05) is 12.7 Å². The fourth-order valence-corrected chi connectivity index (χ4v) is 1.57. The number of carbonyl (C=O) groups excluding carboxylic acids is 1. The van der Waals surface area contributed by atoms with Gasteiger partial charge >= 0.3 is 5.97 Å². The zero-order valence-corrected chi connectivity index (χ0v) is 10.3. The van der Waals surface area contributed by atoms with Crippen molar-refractivity contribution in [2.24, 2.45) is 0 Å². The lowest BCUT2D eigenvalue weighted by Crippen LogP contribution is -2.25. The van der Waals surface area contributed by atoms with Crippen molar-refractivity contribution < 1.29 is 14.0 Å². The summed E-state index contributed by atoms with van der Waals surface area (Å²) >= 11 is 0. The Morgan fingerprint density at radius 1 is 1.29 bits per heavy atom. The van der Waals surface area contributed by atoms with Crippen molar-refractivity contribution in [2.45, 2.75) is 32.5 Å². The van der Waals surface area contributed by atoms with E-state index in [0.29, 0.717) is 6.61 Å². The molecule has 0 saturated carbocycles. The van der Waals surface area contributed by atoms with Crippen LogP contribution in [-0.4, -0.2) is 27.5 Å². The molecule has 0 spiro atoms. The lowest BCUT2D eigenvalue weighted by atomic mass is 10.3. The summed E-state index contributed by atoms with van der Waals surface area (Å²) in [4.78, 5) is 10.6. The largest absolute Gasteiger partial charge is 0.463 e. The number of hydrogen-bond donors (Lipinski definition) is 0. The second kappa shape index (κ2) is 6.78. The van der Waals surface area contributed by atoms with Gasteiger partial charge in [-0.15, -0.1) is 0 Å². The Morgan fingerprint density at radius 2 is 1.86 bits per heavy atom. The average molecular weight is 216 g/mol. The van der Waals surface area contributed by atoms with Crippen LogP contribution in [-0.2, 0) is 14.0 Å². The molecule has 0 aromatic carbocycles. The predicted octanol–water partition coefficient (Wildman–Crippen LogP) is 2.35. The van der Waals surface area contributed by atoms with E-state index in [0.717, 1.165) is 19.4 Å². The molecule has 3 nitrogen and oxygen atoms in total. The second-order valence-corrected chi connectivity index (χ2v) is 8.55. The van der Waals surface area contributed by atoms with E-state index >= 15 is 0 Å². The van der Waals surface area contributed by atoms with E-state index in [1.165, 1.54) is 6.08 Å². The Balaban J connectivity index is 3.22. The van der Waals surface area contributed by atoms with Gasteiger partial charge in [-0.1, -0.05) is 6.58 Å². The van der Waals surface area contributed by atoms with Gasteiger partial charge in [-0.3, -0.25) is 0 Å². The maximum atomic E-state index is 10.6. The first-order valence-electron chi connectivity index (χ1n) is 4.89. The van der Waals surface area contributed by atoms with Crippen molar-refractivity contribution in [2.75, 3.05) is 13.2 Å². The highest BCUT2D eigenvalue weighted by Crippen LogP contribution is 2.03. The van der Waals surface area contributed by atoms with E-state index < -0.39 is 8.32 Å². The van der Waals surface area contributed by atoms with E-state index in [1.807, 2.05) is 0 Å². The molecule has 0 atom stereocenters. The summed E-state index contributed by atoms with van der Waals surface area (Å²) in [6, 6.07) is 0. The van der Waals surface area contributed by atoms with Gasteiger partial charge in [0.1, 0.15) is 0 Å². The van der Waals surface area contributed by atoms with Crippen LogP contribution in [0.3, 0.4) is 0 Å². The summed E-state index contributed by atoms with van der Waals surface area (Å²) in [5.74, 6) is -0.351. The normalized spacial score (nSPS) is 11.1. The molecule has 0 heterocycles. The van der Waals surface area contributed by atoms with Crippen LogP contribution in [0.1, 0.15) is 12.8 Å². The van der Waals surface area contributed by atoms with Crippen LogP contribution < -0.4 is 0 Å². The molecule has 0 fully saturated rings. The summed E-state index contributed by atoms with van der Waals surface area (Å²) in [7, 11) is -1.37. The van der Waals surface area contributed by atoms with Gasteiger partial charge in [0.25, 0.3) is 0 Å². The van der Waals surface area contributed by atoms with Crippen LogP contribution in [0.4, 0.5) is 0 Å². The van der Waals surface area contributed by atoms with Crippen molar-refractivity contribution >= 4 is 14.3 Å². The molecule has 0 aliphatic rings. The molecule has 0 aliphatic heterocycles. The van der Waals surface area contributed by atoms with E-state index in [1.54, 1.807) is 0 Å². The highest BCUT2D eigenvalue weighted by atomic mass is 28.4.